The molecule has 142 valence electrons. The molecule has 8 nitrogen and oxygen atoms in total. The van der Waals surface area contributed by atoms with E-state index >= 15 is 0 Å². The standard InChI is InChI=1S/C20H18N4O4/c1-14(25)21-22-18(26)13-28-20(27)17-12-24(16-10-6-3-7-11-16)23-19(17)15-8-4-2-5-9-15/h2-12H,13H2,1H3,(H,21,25)(H,22,26). The topological polar surface area (TPSA) is 102 Å². The molecule has 0 radical (unpaired) electrons. The van der Waals surface area contributed by atoms with Crippen molar-refractivity contribution < 1.29 is 19.1 Å². The molecule has 2 aromatic carbocycles. The highest BCUT2D eigenvalue weighted by Crippen LogP contribution is 2.24. The van der Waals surface area contributed by atoms with Gasteiger partial charge in [-0.15, -0.1) is 0 Å². The van der Waals surface area contributed by atoms with Gasteiger partial charge >= 0.3 is 5.97 Å². The second kappa shape index (κ2) is 8.63. The zero-order chi connectivity index (χ0) is 19.9. The van der Waals surface area contributed by atoms with Crippen LogP contribution in [0.1, 0.15) is 17.3 Å². The molecular weight excluding hydrogens is 360 g/mol. The van der Waals surface area contributed by atoms with Crippen molar-refractivity contribution in [3.8, 4) is 16.9 Å². The van der Waals surface area contributed by atoms with Crippen LogP contribution in [0.4, 0.5) is 0 Å². The van der Waals surface area contributed by atoms with E-state index in [0.29, 0.717) is 5.69 Å². The number of para-hydroxylation sites is 1. The number of hydrogen-bond acceptors (Lipinski definition) is 5. The summed E-state index contributed by atoms with van der Waals surface area (Å²) < 4.78 is 6.66. The van der Waals surface area contributed by atoms with E-state index in [1.165, 1.54) is 6.92 Å². The first-order valence-corrected chi connectivity index (χ1v) is 8.47. The van der Waals surface area contributed by atoms with Crippen LogP contribution < -0.4 is 10.9 Å². The van der Waals surface area contributed by atoms with Crippen LogP contribution in [0, 0.1) is 0 Å². The van der Waals surface area contributed by atoms with E-state index in [1.54, 1.807) is 10.9 Å². The molecule has 3 rings (SSSR count). The maximum atomic E-state index is 12.6. The Morgan fingerprint density at radius 3 is 2.25 bits per heavy atom. The van der Waals surface area contributed by atoms with E-state index in [2.05, 4.69) is 16.0 Å². The highest BCUT2D eigenvalue weighted by Gasteiger charge is 2.20. The molecule has 1 heterocycles. The summed E-state index contributed by atoms with van der Waals surface area (Å²) in [7, 11) is 0. The molecule has 8 heteroatoms. The average Bonchev–Trinajstić information content (AvgIpc) is 3.17. The largest absolute Gasteiger partial charge is 0.452 e. The van der Waals surface area contributed by atoms with Gasteiger partial charge in [-0.05, 0) is 12.1 Å². The Morgan fingerprint density at radius 2 is 1.61 bits per heavy atom. The highest BCUT2D eigenvalue weighted by molar-refractivity contribution is 5.97. The maximum absolute atomic E-state index is 12.6. The quantitative estimate of drug-likeness (QED) is 0.521. The summed E-state index contributed by atoms with van der Waals surface area (Å²) in [4.78, 5) is 35.0. The van der Waals surface area contributed by atoms with Crippen LogP contribution in [0.5, 0.6) is 0 Å². The number of benzene rings is 2. The normalized spacial score (nSPS) is 10.2. The number of amides is 2. The molecule has 0 saturated carbocycles. The van der Waals surface area contributed by atoms with Crippen molar-refractivity contribution >= 4 is 17.8 Å². The van der Waals surface area contributed by atoms with Gasteiger partial charge in [-0.2, -0.15) is 5.10 Å². The van der Waals surface area contributed by atoms with E-state index in [0.717, 1.165) is 11.3 Å². The van der Waals surface area contributed by atoms with Crippen LogP contribution in [-0.4, -0.2) is 34.2 Å². The second-order valence-electron chi connectivity index (χ2n) is 5.84. The summed E-state index contributed by atoms with van der Waals surface area (Å²) in [5.74, 6) is -1.78. The molecule has 0 unspecified atom stereocenters. The number of rotatable bonds is 5. The van der Waals surface area contributed by atoms with Crippen molar-refractivity contribution in [2.24, 2.45) is 0 Å². The highest BCUT2D eigenvalue weighted by atomic mass is 16.5. The average molecular weight is 378 g/mol. The first kappa shape index (κ1) is 18.8. The van der Waals surface area contributed by atoms with Crippen molar-refractivity contribution in [3.05, 3.63) is 72.4 Å². The molecule has 1 aromatic heterocycles. The lowest BCUT2D eigenvalue weighted by Gasteiger charge is -2.06. The lowest BCUT2D eigenvalue weighted by molar-refractivity contribution is -0.129. The van der Waals surface area contributed by atoms with Gasteiger partial charge in [0, 0.05) is 18.7 Å². The Kier molecular flexibility index (Phi) is 5.81. The van der Waals surface area contributed by atoms with E-state index in [9.17, 15) is 14.4 Å². The Bertz CT molecular complexity index is 984. The number of carbonyl (C=O) groups is 3. The molecule has 0 bridgehead atoms. The molecule has 2 amide bonds. The van der Waals surface area contributed by atoms with Crippen molar-refractivity contribution in [2.45, 2.75) is 6.92 Å². The number of aromatic nitrogens is 2. The molecule has 0 spiro atoms. The van der Waals surface area contributed by atoms with Gasteiger partial charge in [-0.25, -0.2) is 9.48 Å². The predicted molar refractivity (Wildman–Crippen MR) is 101 cm³/mol. The van der Waals surface area contributed by atoms with E-state index in [-0.39, 0.29) is 5.56 Å². The fourth-order valence-electron chi connectivity index (χ4n) is 2.45. The number of carbonyl (C=O) groups excluding carboxylic acids is 3. The zero-order valence-corrected chi connectivity index (χ0v) is 15.1. The second-order valence-corrected chi connectivity index (χ2v) is 5.84. The molecular formula is C20H18N4O4. The van der Waals surface area contributed by atoms with Crippen molar-refractivity contribution in [1.29, 1.82) is 0 Å². The van der Waals surface area contributed by atoms with E-state index in [1.807, 2.05) is 60.7 Å². The fraction of sp³-hybridized carbons (Fsp3) is 0.100. The number of hydrogen-bond donors (Lipinski definition) is 2. The molecule has 0 aliphatic rings. The molecule has 0 aliphatic carbocycles. The predicted octanol–water partition coefficient (Wildman–Crippen LogP) is 1.86. The van der Waals surface area contributed by atoms with Gasteiger partial charge in [0.1, 0.15) is 11.3 Å². The third-order valence-electron chi connectivity index (χ3n) is 3.71. The molecule has 2 N–H and O–H groups in total. The summed E-state index contributed by atoms with van der Waals surface area (Å²) in [5.41, 5.74) is 6.44. The minimum atomic E-state index is -0.695. The first-order valence-electron chi connectivity index (χ1n) is 8.47. The van der Waals surface area contributed by atoms with Crippen LogP contribution >= 0.6 is 0 Å². The number of ether oxygens (including phenoxy) is 1. The molecule has 28 heavy (non-hydrogen) atoms. The van der Waals surface area contributed by atoms with Crippen LogP contribution in [0.2, 0.25) is 0 Å². The lowest BCUT2D eigenvalue weighted by atomic mass is 10.1. The van der Waals surface area contributed by atoms with Crippen LogP contribution in [0.15, 0.2) is 66.9 Å². The van der Waals surface area contributed by atoms with Gasteiger partial charge in [0.25, 0.3) is 5.91 Å². The summed E-state index contributed by atoms with van der Waals surface area (Å²) >= 11 is 0. The monoisotopic (exact) mass is 378 g/mol. The minimum Gasteiger partial charge on any atom is -0.452 e. The summed E-state index contributed by atoms with van der Waals surface area (Å²) in [6, 6.07) is 18.5. The van der Waals surface area contributed by atoms with E-state index in [4.69, 9.17) is 4.74 Å². The molecule has 0 aliphatic heterocycles. The third-order valence-corrected chi connectivity index (χ3v) is 3.71. The fourth-order valence-corrected chi connectivity index (χ4v) is 2.45. The lowest BCUT2D eigenvalue weighted by Crippen LogP contribution is -2.42. The van der Waals surface area contributed by atoms with E-state index < -0.39 is 24.4 Å². The summed E-state index contributed by atoms with van der Waals surface area (Å²) in [5, 5.41) is 4.52. The van der Waals surface area contributed by atoms with Crippen molar-refractivity contribution in [1.82, 2.24) is 20.6 Å². The van der Waals surface area contributed by atoms with Crippen molar-refractivity contribution in [3.63, 3.8) is 0 Å². The van der Waals surface area contributed by atoms with Crippen LogP contribution in [0.3, 0.4) is 0 Å². The van der Waals surface area contributed by atoms with Gasteiger partial charge in [-0.3, -0.25) is 20.4 Å². The van der Waals surface area contributed by atoms with Gasteiger partial charge in [-0.1, -0.05) is 48.5 Å². The Labute approximate surface area is 161 Å². The number of nitrogens with one attached hydrogen (secondary N) is 2. The minimum absolute atomic E-state index is 0.224. The molecule has 0 atom stereocenters. The van der Waals surface area contributed by atoms with Gasteiger partial charge in [0.2, 0.25) is 5.91 Å². The van der Waals surface area contributed by atoms with Crippen LogP contribution in [-0.2, 0) is 14.3 Å². The summed E-state index contributed by atoms with van der Waals surface area (Å²) in [6.07, 6.45) is 1.56. The van der Waals surface area contributed by atoms with Crippen LogP contribution in [0.25, 0.3) is 16.9 Å². The zero-order valence-electron chi connectivity index (χ0n) is 15.1. The number of nitrogens with zero attached hydrogens (tertiary/aromatic N) is 2. The summed E-state index contributed by atoms with van der Waals surface area (Å²) in [6.45, 7) is 0.709. The smallest absolute Gasteiger partial charge is 0.342 e. The molecule has 3 aromatic rings. The van der Waals surface area contributed by atoms with Gasteiger partial charge < -0.3 is 4.74 Å². The molecule has 0 fully saturated rings. The van der Waals surface area contributed by atoms with Gasteiger partial charge in [0.15, 0.2) is 6.61 Å². The maximum Gasteiger partial charge on any atom is 0.342 e. The Hall–Kier alpha value is -3.94. The molecule has 0 saturated heterocycles. The SMILES string of the molecule is CC(=O)NNC(=O)COC(=O)c1cn(-c2ccccc2)nc1-c1ccccc1. The third kappa shape index (κ3) is 4.61. The number of esters is 1. The Balaban J connectivity index is 1.84. The van der Waals surface area contributed by atoms with Crippen molar-refractivity contribution in [2.75, 3.05) is 6.61 Å². The first-order chi connectivity index (χ1) is 13.5. The Morgan fingerprint density at radius 1 is 0.964 bits per heavy atom. The number of hydrazine groups is 1. The van der Waals surface area contributed by atoms with Gasteiger partial charge in [0.05, 0.1) is 5.69 Å².